The summed E-state index contributed by atoms with van der Waals surface area (Å²) < 4.78 is 15.6. The summed E-state index contributed by atoms with van der Waals surface area (Å²) in [5, 5.41) is 0. The summed E-state index contributed by atoms with van der Waals surface area (Å²) in [5.74, 6) is 0.864. The van der Waals surface area contributed by atoms with Crippen molar-refractivity contribution in [2.75, 3.05) is 13.2 Å². The van der Waals surface area contributed by atoms with E-state index in [2.05, 4.69) is 0 Å². The van der Waals surface area contributed by atoms with Crippen LogP contribution >= 0.6 is 12.3 Å². The van der Waals surface area contributed by atoms with Gasteiger partial charge in [-0.3, -0.25) is 8.37 Å². The van der Waals surface area contributed by atoms with Crippen LogP contribution < -0.4 is 4.74 Å². The highest BCUT2D eigenvalue weighted by Gasteiger charge is 2.18. The molecule has 0 amide bonds. The molecule has 1 aliphatic heterocycles. The summed E-state index contributed by atoms with van der Waals surface area (Å²) in [6.07, 6.45) is 0.0465. The van der Waals surface area contributed by atoms with Crippen molar-refractivity contribution in [2.45, 2.75) is 6.10 Å². The van der Waals surface area contributed by atoms with Crippen LogP contribution in [0, 0.1) is 0 Å². The molecule has 1 unspecified atom stereocenters. The Morgan fingerprint density at radius 3 is 2.92 bits per heavy atom. The zero-order valence-corrected chi connectivity index (χ0v) is 7.83. The van der Waals surface area contributed by atoms with Crippen molar-refractivity contribution < 1.29 is 13.1 Å². The van der Waals surface area contributed by atoms with Crippen molar-refractivity contribution in [3.05, 3.63) is 30.3 Å². The smallest absolute Gasteiger partial charge is 0.159 e. The molecule has 0 aliphatic carbocycles. The predicted octanol–water partition coefficient (Wildman–Crippen LogP) is 2.04. The Morgan fingerprint density at radius 2 is 2.23 bits per heavy atom. The van der Waals surface area contributed by atoms with E-state index in [1.54, 1.807) is 0 Å². The first-order valence-corrected chi connectivity index (χ1v) is 4.74. The minimum atomic E-state index is 0.0465. The SMILES string of the molecule is c1ccc(OCC2COSO2)cc1. The van der Waals surface area contributed by atoms with Crippen molar-refractivity contribution in [3.63, 3.8) is 0 Å². The van der Waals surface area contributed by atoms with Crippen LogP contribution in [0.25, 0.3) is 0 Å². The molecule has 1 fully saturated rings. The first-order chi connectivity index (χ1) is 6.45. The van der Waals surface area contributed by atoms with Gasteiger partial charge in [-0.05, 0) is 12.1 Å². The Bertz CT molecular complexity index is 246. The molecule has 1 aliphatic rings. The topological polar surface area (TPSA) is 27.7 Å². The predicted molar refractivity (Wildman–Crippen MR) is 50.4 cm³/mol. The van der Waals surface area contributed by atoms with E-state index in [4.69, 9.17) is 13.1 Å². The normalized spacial score (nSPS) is 21.7. The Morgan fingerprint density at radius 1 is 1.38 bits per heavy atom. The molecule has 0 radical (unpaired) electrons. The highest BCUT2D eigenvalue weighted by Crippen LogP contribution is 2.19. The van der Waals surface area contributed by atoms with Gasteiger partial charge in [0, 0.05) is 0 Å². The van der Waals surface area contributed by atoms with Gasteiger partial charge in [0.1, 0.15) is 18.5 Å². The zero-order chi connectivity index (χ0) is 8.93. The van der Waals surface area contributed by atoms with Crippen LogP contribution in [0.5, 0.6) is 5.75 Å². The van der Waals surface area contributed by atoms with Gasteiger partial charge in [-0.25, -0.2) is 0 Å². The Kier molecular flexibility index (Phi) is 3.07. The molecule has 0 spiro atoms. The van der Waals surface area contributed by atoms with Gasteiger partial charge in [-0.15, -0.1) is 0 Å². The molecule has 1 saturated heterocycles. The molecular formula is C9H10O3S. The first kappa shape index (κ1) is 8.87. The van der Waals surface area contributed by atoms with E-state index >= 15 is 0 Å². The lowest BCUT2D eigenvalue weighted by Gasteiger charge is -2.08. The summed E-state index contributed by atoms with van der Waals surface area (Å²) in [5.41, 5.74) is 0. The summed E-state index contributed by atoms with van der Waals surface area (Å²) in [6, 6.07) is 9.68. The molecule has 13 heavy (non-hydrogen) atoms. The van der Waals surface area contributed by atoms with Crippen molar-refractivity contribution in [1.29, 1.82) is 0 Å². The molecule has 2 rings (SSSR count). The molecule has 1 atom stereocenters. The molecule has 0 aromatic heterocycles. The third-order valence-electron chi connectivity index (χ3n) is 1.66. The van der Waals surface area contributed by atoms with Crippen LogP contribution in [-0.4, -0.2) is 19.3 Å². The molecule has 4 heteroatoms. The zero-order valence-electron chi connectivity index (χ0n) is 7.01. The average Bonchev–Trinajstić information content (AvgIpc) is 2.69. The lowest BCUT2D eigenvalue weighted by molar-refractivity contribution is 0.153. The summed E-state index contributed by atoms with van der Waals surface area (Å²) >= 11 is 1.04. The maximum absolute atomic E-state index is 5.47. The van der Waals surface area contributed by atoms with E-state index in [0.29, 0.717) is 13.2 Å². The van der Waals surface area contributed by atoms with Gasteiger partial charge in [0.2, 0.25) is 0 Å². The van der Waals surface area contributed by atoms with Gasteiger partial charge in [0.15, 0.2) is 12.3 Å². The fraction of sp³-hybridized carbons (Fsp3) is 0.333. The maximum Gasteiger partial charge on any atom is 0.159 e. The minimum absolute atomic E-state index is 0.0465. The lowest BCUT2D eigenvalue weighted by Crippen LogP contribution is -2.19. The van der Waals surface area contributed by atoms with E-state index in [-0.39, 0.29) is 6.10 Å². The number of rotatable bonds is 3. The van der Waals surface area contributed by atoms with Crippen molar-refractivity contribution in [3.8, 4) is 5.75 Å². The Balaban J connectivity index is 1.79. The molecule has 0 N–H and O–H groups in total. The lowest BCUT2D eigenvalue weighted by atomic mass is 10.3. The molecule has 3 nitrogen and oxygen atoms in total. The van der Waals surface area contributed by atoms with Crippen molar-refractivity contribution >= 4 is 12.3 Å². The van der Waals surface area contributed by atoms with E-state index < -0.39 is 0 Å². The summed E-state index contributed by atoms with van der Waals surface area (Å²) in [6.45, 7) is 1.13. The Hall–Kier alpha value is -0.710. The van der Waals surface area contributed by atoms with Gasteiger partial charge >= 0.3 is 0 Å². The second-order valence-electron chi connectivity index (χ2n) is 2.69. The second kappa shape index (κ2) is 4.50. The van der Waals surface area contributed by atoms with Gasteiger partial charge in [-0.1, -0.05) is 18.2 Å². The highest BCUT2D eigenvalue weighted by molar-refractivity contribution is 7.90. The molecular weight excluding hydrogens is 188 g/mol. The maximum atomic E-state index is 5.47. The summed E-state index contributed by atoms with van der Waals surface area (Å²) in [4.78, 5) is 0. The number of hydrogen-bond donors (Lipinski definition) is 0. The van der Waals surface area contributed by atoms with Crippen LogP contribution in [-0.2, 0) is 8.37 Å². The van der Waals surface area contributed by atoms with Crippen LogP contribution in [0.4, 0.5) is 0 Å². The molecule has 0 saturated carbocycles. The third-order valence-corrected chi connectivity index (χ3v) is 2.24. The van der Waals surface area contributed by atoms with Gasteiger partial charge in [0.25, 0.3) is 0 Å². The Labute approximate surface area is 81.4 Å². The molecule has 0 bridgehead atoms. The number of para-hydroxylation sites is 1. The third kappa shape index (κ3) is 2.62. The van der Waals surface area contributed by atoms with Crippen molar-refractivity contribution in [1.82, 2.24) is 0 Å². The molecule has 70 valence electrons. The fourth-order valence-corrected chi connectivity index (χ4v) is 1.48. The second-order valence-corrected chi connectivity index (χ2v) is 3.26. The van der Waals surface area contributed by atoms with E-state index in [9.17, 15) is 0 Å². The van der Waals surface area contributed by atoms with Crippen molar-refractivity contribution in [2.24, 2.45) is 0 Å². The first-order valence-electron chi connectivity index (χ1n) is 4.08. The van der Waals surface area contributed by atoms with Gasteiger partial charge < -0.3 is 4.74 Å². The largest absolute Gasteiger partial charge is 0.491 e. The molecule has 1 heterocycles. The molecule has 1 aromatic rings. The van der Waals surface area contributed by atoms with E-state index in [0.717, 1.165) is 18.1 Å². The van der Waals surface area contributed by atoms with Crippen LogP contribution in [0.15, 0.2) is 30.3 Å². The molecule has 1 aromatic carbocycles. The number of hydrogen-bond acceptors (Lipinski definition) is 4. The van der Waals surface area contributed by atoms with E-state index in [1.807, 2.05) is 30.3 Å². The minimum Gasteiger partial charge on any atom is -0.491 e. The van der Waals surface area contributed by atoms with Gasteiger partial charge in [-0.2, -0.15) is 0 Å². The quantitative estimate of drug-likeness (QED) is 0.695. The number of benzene rings is 1. The monoisotopic (exact) mass is 198 g/mol. The van der Waals surface area contributed by atoms with Crippen LogP contribution in [0.2, 0.25) is 0 Å². The standard InChI is InChI=1S/C9H10O3S/c1-2-4-8(5-3-1)10-6-9-7-11-13-12-9/h1-5,9H,6-7H2. The van der Waals surface area contributed by atoms with Crippen LogP contribution in [0.3, 0.4) is 0 Å². The fourth-order valence-electron chi connectivity index (χ4n) is 0.997. The average molecular weight is 198 g/mol. The number of ether oxygens (including phenoxy) is 1. The van der Waals surface area contributed by atoms with Crippen LogP contribution in [0.1, 0.15) is 0 Å². The van der Waals surface area contributed by atoms with Gasteiger partial charge in [0.05, 0.1) is 6.61 Å². The highest BCUT2D eigenvalue weighted by atomic mass is 32.2. The summed E-state index contributed by atoms with van der Waals surface area (Å²) in [7, 11) is 0. The van der Waals surface area contributed by atoms with E-state index in [1.165, 1.54) is 0 Å².